The lowest BCUT2D eigenvalue weighted by atomic mass is 9.98. The Bertz CT molecular complexity index is 1340. The summed E-state index contributed by atoms with van der Waals surface area (Å²) in [5, 5.41) is 14.2. The third-order valence-electron chi connectivity index (χ3n) is 5.48. The molecular weight excluding hydrogens is 384 g/mol. The number of carboxylic acids is 1. The van der Waals surface area contributed by atoms with Crippen LogP contribution in [0.2, 0.25) is 0 Å². The van der Waals surface area contributed by atoms with Crippen molar-refractivity contribution in [3.05, 3.63) is 114 Å². The van der Waals surface area contributed by atoms with E-state index in [0.29, 0.717) is 16.5 Å². The lowest BCUT2D eigenvalue weighted by Gasteiger charge is -2.20. The van der Waals surface area contributed by atoms with Gasteiger partial charge in [-0.3, -0.25) is 0 Å². The van der Waals surface area contributed by atoms with Gasteiger partial charge in [-0.1, -0.05) is 60.7 Å². The van der Waals surface area contributed by atoms with Gasteiger partial charge < -0.3 is 10.4 Å². The molecule has 0 atom stereocenters. The average molecular weight is 404 g/mol. The first kappa shape index (κ1) is 18.8. The molecule has 4 nitrogen and oxygen atoms in total. The normalized spacial score (nSPS) is 11.6. The molecule has 2 heterocycles. The fourth-order valence-electron chi connectivity index (χ4n) is 3.93. The van der Waals surface area contributed by atoms with Crippen molar-refractivity contribution in [2.75, 3.05) is 5.32 Å². The van der Waals surface area contributed by atoms with Gasteiger partial charge >= 0.3 is 5.97 Å². The topological polar surface area (TPSA) is 62.2 Å². The van der Waals surface area contributed by atoms with Gasteiger partial charge in [-0.05, 0) is 47.5 Å². The first-order valence-electron chi connectivity index (χ1n) is 10.1. The van der Waals surface area contributed by atoms with Crippen LogP contribution in [0.5, 0.6) is 0 Å². The monoisotopic (exact) mass is 404 g/mol. The van der Waals surface area contributed by atoms with Gasteiger partial charge in [0, 0.05) is 28.6 Å². The van der Waals surface area contributed by atoms with Crippen molar-refractivity contribution in [1.29, 1.82) is 0 Å². The van der Waals surface area contributed by atoms with E-state index in [1.54, 1.807) is 12.1 Å². The molecule has 31 heavy (non-hydrogen) atoms. The molecule has 0 spiro atoms. The number of carboxylic acid groups (broad SMARTS) is 1. The molecule has 6 rings (SSSR count). The molecule has 0 radical (unpaired) electrons. The second-order valence-corrected chi connectivity index (χ2v) is 7.47. The second kappa shape index (κ2) is 7.92. The van der Waals surface area contributed by atoms with Crippen molar-refractivity contribution in [1.82, 2.24) is 4.98 Å². The third-order valence-corrected chi connectivity index (χ3v) is 5.48. The van der Waals surface area contributed by atoms with E-state index in [1.165, 1.54) is 22.5 Å². The SMILES string of the molecule is O=C(O)c1cccc2nc3ccccc3cc12.c1ccc2c(c1)Cc1ccccc1N2. The standard InChI is InChI=1S/C14H9NO2.C13H11N/c16-14(17)10-5-3-7-13-11(10)8-9-4-1-2-6-12(9)15-13;1-3-7-12-10(5-1)9-11-6-2-4-8-13(11)14-12/h1-8H,(H,16,17);1-8,14H,9H2. The van der Waals surface area contributed by atoms with Gasteiger partial charge in [-0.25, -0.2) is 9.78 Å². The van der Waals surface area contributed by atoms with Crippen LogP contribution in [-0.2, 0) is 6.42 Å². The molecule has 4 heteroatoms. The van der Waals surface area contributed by atoms with Gasteiger partial charge in [0.15, 0.2) is 0 Å². The Kier molecular flexibility index (Phi) is 4.81. The average Bonchev–Trinajstić information content (AvgIpc) is 2.81. The summed E-state index contributed by atoms with van der Waals surface area (Å²) in [4.78, 5) is 15.6. The van der Waals surface area contributed by atoms with Gasteiger partial charge in [0.25, 0.3) is 0 Å². The van der Waals surface area contributed by atoms with Crippen LogP contribution in [0, 0.1) is 0 Å². The highest BCUT2D eigenvalue weighted by Crippen LogP contribution is 2.31. The highest BCUT2D eigenvalue weighted by atomic mass is 16.4. The largest absolute Gasteiger partial charge is 0.478 e. The number of para-hydroxylation sites is 3. The van der Waals surface area contributed by atoms with E-state index in [2.05, 4.69) is 58.8 Å². The molecule has 0 unspecified atom stereocenters. The number of nitrogens with one attached hydrogen (secondary N) is 1. The minimum absolute atomic E-state index is 0.292. The van der Waals surface area contributed by atoms with Crippen molar-refractivity contribution >= 4 is 39.1 Å². The van der Waals surface area contributed by atoms with Crippen LogP contribution in [0.15, 0.2) is 97.1 Å². The maximum absolute atomic E-state index is 11.1. The Balaban J connectivity index is 0.000000134. The van der Waals surface area contributed by atoms with E-state index >= 15 is 0 Å². The van der Waals surface area contributed by atoms with Crippen LogP contribution in [-0.4, -0.2) is 16.1 Å². The Labute approximate surface area is 179 Å². The Morgan fingerprint density at radius 2 is 1.35 bits per heavy atom. The molecular formula is C27H20N2O2. The van der Waals surface area contributed by atoms with E-state index in [9.17, 15) is 4.79 Å². The number of hydrogen-bond acceptors (Lipinski definition) is 3. The van der Waals surface area contributed by atoms with Crippen molar-refractivity contribution in [2.24, 2.45) is 0 Å². The van der Waals surface area contributed by atoms with Crippen molar-refractivity contribution < 1.29 is 9.90 Å². The molecule has 0 bridgehead atoms. The zero-order valence-corrected chi connectivity index (χ0v) is 16.7. The summed E-state index contributed by atoms with van der Waals surface area (Å²) in [7, 11) is 0. The first-order valence-corrected chi connectivity index (χ1v) is 10.1. The Hall–Kier alpha value is -4.18. The molecule has 0 saturated carbocycles. The summed E-state index contributed by atoms with van der Waals surface area (Å²) in [5.41, 5.74) is 7.13. The van der Waals surface area contributed by atoms with Gasteiger partial charge in [-0.15, -0.1) is 0 Å². The molecule has 5 aromatic rings. The van der Waals surface area contributed by atoms with Gasteiger partial charge in [-0.2, -0.15) is 0 Å². The highest BCUT2D eigenvalue weighted by Gasteiger charge is 2.12. The number of carbonyl (C=O) groups is 1. The van der Waals surface area contributed by atoms with E-state index in [-0.39, 0.29) is 0 Å². The van der Waals surface area contributed by atoms with Crippen LogP contribution >= 0.6 is 0 Å². The molecule has 4 aromatic carbocycles. The quantitative estimate of drug-likeness (QED) is 0.310. The number of nitrogens with zero attached hydrogens (tertiary/aromatic N) is 1. The third kappa shape index (κ3) is 3.71. The molecule has 150 valence electrons. The zero-order chi connectivity index (χ0) is 21.2. The molecule has 2 N–H and O–H groups in total. The van der Waals surface area contributed by atoms with Crippen molar-refractivity contribution in [3.8, 4) is 0 Å². The lowest BCUT2D eigenvalue weighted by molar-refractivity contribution is 0.0699. The summed E-state index contributed by atoms with van der Waals surface area (Å²) in [6, 6.07) is 31.6. The summed E-state index contributed by atoms with van der Waals surface area (Å²) in [6.45, 7) is 0. The van der Waals surface area contributed by atoms with Crippen molar-refractivity contribution in [2.45, 2.75) is 6.42 Å². The predicted molar refractivity (Wildman–Crippen MR) is 125 cm³/mol. The van der Waals surface area contributed by atoms with E-state index < -0.39 is 5.97 Å². The molecule has 0 fully saturated rings. The van der Waals surface area contributed by atoms with Gasteiger partial charge in [0.05, 0.1) is 16.6 Å². The molecule has 1 aromatic heterocycles. The predicted octanol–water partition coefficient (Wildman–Crippen LogP) is 6.42. The minimum Gasteiger partial charge on any atom is -0.478 e. The van der Waals surface area contributed by atoms with Gasteiger partial charge in [0.1, 0.15) is 0 Å². The van der Waals surface area contributed by atoms with Crippen LogP contribution in [0.3, 0.4) is 0 Å². The van der Waals surface area contributed by atoms with Crippen LogP contribution in [0.4, 0.5) is 11.4 Å². The minimum atomic E-state index is -0.923. The molecule has 1 aliphatic rings. The van der Waals surface area contributed by atoms with E-state index in [1.807, 2.05) is 36.4 Å². The van der Waals surface area contributed by atoms with Crippen molar-refractivity contribution in [3.63, 3.8) is 0 Å². The zero-order valence-electron chi connectivity index (χ0n) is 16.7. The van der Waals surface area contributed by atoms with E-state index in [0.717, 1.165) is 17.3 Å². The fraction of sp³-hybridized carbons (Fsp3) is 0.0370. The second-order valence-electron chi connectivity index (χ2n) is 7.47. The number of benzene rings is 4. The van der Waals surface area contributed by atoms with Gasteiger partial charge in [0.2, 0.25) is 0 Å². The molecule has 0 aliphatic carbocycles. The number of pyridine rings is 1. The van der Waals surface area contributed by atoms with E-state index in [4.69, 9.17) is 5.11 Å². The van der Waals surface area contributed by atoms with Crippen LogP contribution < -0.4 is 5.32 Å². The summed E-state index contributed by atoms with van der Waals surface area (Å²) >= 11 is 0. The smallest absolute Gasteiger partial charge is 0.336 e. The number of hydrogen-bond donors (Lipinski definition) is 2. The maximum Gasteiger partial charge on any atom is 0.336 e. The number of aromatic carboxylic acids is 1. The van der Waals surface area contributed by atoms with Crippen LogP contribution in [0.1, 0.15) is 21.5 Å². The number of fused-ring (bicyclic) bond motifs is 4. The maximum atomic E-state index is 11.1. The number of aromatic nitrogens is 1. The molecule has 1 aliphatic heterocycles. The lowest BCUT2D eigenvalue weighted by Crippen LogP contribution is -2.05. The Morgan fingerprint density at radius 3 is 2.06 bits per heavy atom. The number of rotatable bonds is 1. The summed E-state index contributed by atoms with van der Waals surface area (Å²) < 4.78 is 0. The molecule has 0 saturated heterocycles. The number of anilines is 2. The summed E-state index contributed by atoms with van der Waals surface area (Å²) in [6.07, 6.45) is 1.04. The van der Waals surface area contributed by atoms with Crippen LogP contribution in [0.25, 0.3) is 21.8 Å². The first-order chi connectivity index (χ1) is 15.2. The highest BCUT2D eigenvalue weighted by molar-refractivity contribution is 6.05. The fourth-order valence-corrected chi connectivity index (χ4v) is 3.93. The summed E-state index contributed by atoms with van der Waals surface area (Å²) in [5.74, 6) is -0.923. The Morgan fingerprint density at radius 1 is 0.742 bits per heavy atom. The molecule has 0 amide bonds.